The molecule has 0 saturated heterocycles. The first kappa shape index (κ1) is 36.2. The predicted molar refractivity (Wildman–Crippen MR) is 243 cm³/mol. The molecule has 0 nitrogen and oxygen atoms in total. The Morgan fingerprint density at radius 3 is 1.52 bits per heavy atom. The zero-order chi connectivity index (χ0) is 38.1. The summed E-state index contributed by atoms with van der Waals surface area (Å²) in [5.74, 6) is 0. The summed E-state index contributed by atoms with van der Waals surface area (Å²) < 4.78 is 0. The first-order valence-electron chi connectivity index (χ1n) is 19.7. The highest BCUT2D eigenvalue weighted by molar-refractivity contribution is 6.02. The molecule has 0 spiro atoms. The van der Waals surface area contributed by atoms with Crippen LogP contribution in [0.3, 0.4) is 0 Å². The van der Waals surface area contributed by atoms with Crippen LogP contribution in [0, 0.1) is 0 Å². The van der Waals surface area contributed by atoms with Gasteiger partial charge >= 0.3 is 0 Å². The zero-order valence-corrected chi connectivity index (χ0v) is 31.9. The Hall–Kier alpha value is -6.76. The normalized spacial score (nSPS) is 13.8. The Balaban J connectivity index is 1.32. The zero-order valence-electron chi connectivity index (χ0n) is 31.9. The first-order chi connectivity index (χ1) is 27.6. The smallest absolute Gasteiger partial charge is 0.00933 e. The maximum absolute atomic E-state index is 4.60. The Bertz CT molecular complexity index is 2600. The largest absolute Gasteiger partial charge is 0.0991 e. The van der Waals surface area contributed by atoms with E-state index in [4.69, 9.17) is 0 Å². The fourth-order valence-corrected chi connectivity index (χ4v) is 7.84. The molecule has 0 heteroatoms. The van der Waals surface area contributed by atoms with Crippen LogP contribution in [-0.4, -0.2) is 0 Å². The van der Waals surface area contributed by atoms with E-state index in [1.165, 1.54) is 66.6 Å². The standard InChI is InChI=1S/C56H46/c1-3-4-15-41(2)53-23-14-22-45(49-26-24-46(25-27-49)42-16-8-5-9-17-42)36-38-54(51-34-32-48(33-35-51)44-20-12-7-13-21-44)55-39-37-52(40-56(53)55)50-30-28-47(29-31-50)43-18-10-6-11-19-43/h3-12,14-20,22-32,34,36-40H,1-2,13,21,33,35H2/b15-4-,22-14?,23-14?,38-36?,45-22?,45-36?,53-23?,54-38?,55-54?,56-53?. The van der Waals surface area contributed by atoms with Crippen molar-refractivity contribution in [1.82, 2.24) is 0 Å². The van der Waals surface area contributed by atoms with E-state index in [2.05, 4.69) is 207 Å². The lowest BCUT2D eigenvalue weighted by Crippen LogP contribution is -1.99. The number of allylic oxidation sites excluding steroid dienone is 12. The van der Waals surface area contributed by atoms with Crippen molar-refractivity contribution in [2.45, 2.75) is 25.7 Å². The molecule has 0 saturated carbocycles. The molecule has 2 aliphatic carbocycles. The van der Waals surface area contributed by atoms with Crippen molar-refractivity contribution in [2.24, 2.45) is 0 Å². The van der Waals surface area contributed by atoms with Crippen LogP contribution in [0.1, 0.15) is 36.8 Å². The number of benzene rings is 5. The summed E-state index contributed by atoms with van der Waals surface area (Å²) in [7, 11) is 0. The molecule has 0 amide bonds. The summed E-state index contributed by atoms with van der Waals surface area (Å²) in [6.45, 7) is 8.55. The molecule has 6 aromatic carbocycles. The van der Waals surface area contributed by atoms with Crippen molar-refractivity contribution in [3.05, 3.63) is 242 Å². The summed E-state index contributed by atoms with van der Waals surface area (Å²) in [5, 5.41) is 2.35. The number of fused-ring (bicyclic) bond motifs is 1. The molecule has 0 radical (unpaired) electrons. The van der Waals surface area contributed by atoms with Crippen molar-refractivity contribution >= 4 is 21.9 Å². The average Bonchev–Trinajstić information content (AvgIpc) is 3.28. The number of rotatable bonds is 9. The lowest BCUT2D eigenvalue weighted by atomic mass is 9.85. The fourth-order valence-electron chi connectivity index (χ4n) is 7.84. The molecule has 0 unspecified atom stereocenters. The summed E-state index contributed by atoms with van der Waals surface area (Å²) in [5.41, 5.74) is 17.0. The summed E-state index contributed by atoms with van der Waals surface area (Å²) in [6, 6.07) is 57.2. The average molecular weight is 719 g/mol. The quantitative estimate of drug-likeness (QED) is 0.131. The SMILES string of the molecule is C=C/C=C\C(=C)c1cccc(-c2ccc(-c3ccccc3)cc2)ccc(C2=CC=C(C3=CC=CCC3)CC2)c2ccc(-c3ccc(-c4ccccc4)cc3)cc12. The van der Waals surface area contributed by atoms with Gasteiger partial charge in [0.15, 0.2) is 0 Å². The van der Waals surface area contributed by atoms with E-state index < -0.39 is 0 Å². The Morgan fingerprint density at radius 2 is 0.946 bits per heavy atom. The first-order valence-corrected chi connectivity index (χ1v) is 19.7. The van der Waals surface area contributed by atoms with Gasteiger partial charge < -0.3 is 0 Å². The highest BCUT2D eigenvalue weighted by Crippen LogP contribution is 2.38. The third-order valence-electron chi connectivity index (χ3n) is 10.9. The van der Waals surface area contributed by atoms with Crippen molar-refractivity contribution in [2.75, 3.05) is 0 Å². The van der Waals surface area contributed by atoms with E-state index in [1.54, 1.807) is 0 Å². The van der Waals surface area contributed by atoms with Crippen LogP contribution in [0.5, 0.6) is 0 Å². The molecule has 6 aromatic rings. The van der Waals surface area contributed by atoms with Crippen LogP contribution >= 0.6 is 0 Å². The molecule has 56 heavy (non-hydrogen) atoms. The molecular weight excluding hydrogens is 673 g/mol. The Morgan fingerprint density at radius 1 is 0.446 bits per heavy atom. The summed E-state index contributed by atoms with van der Waals surface area (Å²) >= 11 is 0. The van der Waals surface area contributed by atoms with Crippen molar-refractivity contribution < 1.29 is 0 Å². The molecule has 0 aromatic heterocycles. The molecule has 0 bridgehead atoms. The monoisotopic (exact) mass is 718 g/mol. The number of hydrogen-bond donors (Lipinski definition) is 0. The van der Waals surface area contributed by atoms with Crippen LogP contribution in [0.15, 0.2) is 231 Å². The fraction of sp³-hybridized carbons (Fsp3) is 0.0714. The molecule has 0 N–H and O–H groups in total. The highest BCUT2D eigenvalue weighted by atomic mass is 14.2. The number of hydrogen-bond acceptors (Lipinski definition) is 0. The second-order valence-corrected chi connectivity index (χ2v) is 14.5. The lowest BCUT2D eigenvalue weighted by Gasteiger charge is -2.20. The van der Waals surface area contributed by atoms with Gasteiger partial charge in [0.05, 0.1) is 0 Å². The minimum Gasteiger partial charge on any atom is -0.0991 e. The molecule has 0 heterocycles. The molecule has 0 atom stereocenters. The maximum Gasteiger partial charge on any atom is -0.00933 e. The third kappa shape index (κ3) is 8.16. The van der Waals surface area contributed by atoms with Gasteiger partial charge in [0.2, 0.25) is 0 Å². The topological polar surface area (TPSA) is 0 Å². The van der Waals surface area contributed by atoms with Gasteiger partial charge in [0.1, 0.15) is 0 Å². The van der Waals surface area contributed by atoms with E-state index in [0.29, 0.717) is 0 Å². The molecule has 0 fully saturated rings. The van der Waals surface area contributed by atoms with Crippen LogP contribution < -0.4 is 0 Å². The highest BCUT2D eigenvalue weighted by Gasteiger charge is 2.15. The van der Waals surface area contributed by atoms with Crippen LogP contribution in [0.4, 0.5) is 0 Å². The van der Waals surface area contributed by atoms with Crippen molar-refractivity contribution in [3.63, 3.8) is 0 Å². The van der Waals surface area contributed by atoms with E-state index in [0.717, 1.165) is 47.8 Å². The van der Waals surface area contributed by atoms with Crippen LogP contribution in [0.25, 0.3) is 66.4 Å². The van der Waals surface area contributed by atoms with Crippen molar-refractivity contribution in [1.29, 1.82) is 0 Å². The summed E-state index contributed by atoms with van der Waals surface area (Å²) in [6.07, 6.45) is 21.6. The second-order valence-electron chi connectivity index (χ2n) is 14.5. The minimum atomic E-state index is 0.933. The molecule has 2 aliphatic rings. The van der Waals surface area contributed by atoms with E-state index in [9.17, 15) is 0 Å². The minimum absolute atomic E-state index is 0.933. The van der Waals surface area contributed by atoms with E-state index in [1.807, 2.05) is 12.2 Å². The van der Waals surface area contributed by atoms with Gasteiger partial charge in [0, 0.05) is 0 Å². The van der Waals surface area contributed by atoms with Gasteiger partial charge in [0.25, 0.3) is 0 Å². The van der Waals surface area contributed by atoms with E-state index >= 15 is 0 Å². The molecule has 270 valence electrons. The van der Waals surface area contributed by atoms with Gasteiger partial charge in [-0.1, -0.05) is 213 Å². The van der Waals surface area contributed by atoms with Crippen LogP contribution in [-0.2, 0) is 0 Å². The molecular formula is C56H46. The van der Waals surface area contributed by atoms with Gasteiger partial charge in [-0.15, -0.1) is 0 Å². The Labute approximate surface area is 332 Å². The third-order valence-corrected chi connectivity index (χ3v) is 10.9. The lowest BCUT2D eigenvalue weighted by molar-refractivity contribution is 0.905. The van der Waals surface area contributed by atoms with E-state index in [-0.39, 0.29) is 0 Å². The predicted octanol–water partition coefficient (Wildman–Crippen LogP) is 15.8. The molecule has 0 aliphatic heterocycles. The van der Waals surface area contributed by atoms with Gasteiger partial charge in [-0.2, -0.15) is 0 Å². The Kier molecular flexibility index (Phi) is 11.1. The second kappa shape index (κ2) is 17.1. The molecule has 8 rings (SSSR count). The summed E-state index contributed by atoms with van der Waals surface area (Å²) in [4.78, 5) is 0. The van der Waals surface area contributed by atoms with Gasteiger partial charge in [-0.05, 0) is 120 Å². The van der Waals surface area contributed by atoms with Gasteiger partial charge in [-0.3, -0.25) is 0 Å². The van der Waals surface area contributed by atoms with Crippen molar-refractivity contribution in [3.8, 4) is 44.5 Å². The maximum atomic E-state index is 4.60. The van der Waals surface area contributed by atoms with Gasteiger partial charge in [-0.25, -0.2) is 0 Å². The van der Waals surface area contributed by atoms with Crippen LogP contribution in [0.2, 0.25) is 0 Å².